The molecule has 0 radical (unpaired) electrons. The first kappa shape index (κ1) is 28.9. The van der Waals surface area contributed by atoms with Gasteiger partial charge < -0.3 is 15.7 Å². The molecule has 1 atom stereocenters. The molecule has 6 nitrogen and oxygen atoms in total. The van der Waals surface area contributed by atoms with Crippen molar-refractivity contribution in [3.63, 3.8) is 0 Å². The fraction of sp³-hybridized carbons (Fsp3) is 0.481. The summed E-state index contributed by atoms with van der Waals surface area (Å²) in [5, 5.41) is 16.7. The van der Waals surface area contributed by atoms with Crippen molar-refractivity contribution >= 4 is 11.8 Å². The number of hydrogen-bond donors (Lipinski definition) is 3. The summed E-state index contributed by atoms with van der Waals surface area (Å²) >= 11 is 0. The molecule has 2 aromatic rings. The Labute approximate surface area is 221 Å². The number of rotatable bonds is 5. The van der Waals surface area contributed by atoms with Crippen LogP contribution in [-0.4, -0.2) is 47.5 Å². The molecule has 0 bridgehead atoms. The molecule has 0 spiro atoms. The second-order valence-corrected chi connectivity index (χ2v) is 10.3. The van der Waals surface area contributed by atoms with Gasteiger partial charge in [0.2, 0.25) is 5.91 Å². The van der Waals surface area contributed by atoms with Gasteiger partial charge in [-0.15, -0.1) is 0 Å². The normalized spacial score (nSPS) is 24.5. The van der Waals surface area contributed by atoms with E-state index in [4.69, 9.17) is 0 Å². The molecule has 1 saturated heterocycles. The molecule has 1 aliphatic carbocycles. The first-order valence-electron chi connectivity index (χ1n) is 12.5. The molecule has 1 heterocycles. The van der Waals surface area contributed by atoms with E-state index < -0.39 is 46.1 Å². The van der Waals surface area contributed by atoms with E-state index in [-0.39, 0.29) is 24.6 Å². The summed E-state index contributed by atoms with van der Waals surface area (Å²) in [6.45, 7) is 2.33. The van der Waals surface area contributed by atoms with Crippen LogP contribution in [0.25, 0.3) is 0 Å². The highest BCUT2D eigenvalue weighted by Crippen LogP contribution is 2.42. The van der Waals surface area contributed by atoms with Crippen LogP contribution >= 0.6 is 0 Å². The standard InChI is InChI=1S/C27H29F6N3O3/c1-24(39,18-13-19(26(28,29)30)15-20(14-18)27(31,32)33)23(38)35-25(17-5-3-2-4-6-17)9-7-21(8-10-25)36-12-11-34-22(37)16-36/h2-6,13-15,21,39H,7-12,16H2,1H3,(H,34,37)(H,35,38). The zero-order valence-electron chi connectivity index (χ0n) is 21.1. The third kappa shape index (κ3) is 6.22. The molecular formula is C27H29F6N3O3. The lowest BCUT2D eigenvalue weighted by molar-refractivity contribution is -0.146. The van der Waals surface area contributed by atoms with Crippen molar-refractivity contribution < 1.29 is 41.0 Å². The van der Waals surface area contributed by atoms with E-state index >= 15 is 0 Å². The number of piperazine rings is 1. The third-order valence-electron chi connectivity index (χ3n) is 7.66. The van der Waals surface area contributed by atoms with Crippen molar-refractivity contribution in [1.82, 2.24) is 15.5 Å². The van der Waals surface area contributed by atoms with Crippen molar-refractivity contribution in [3.05, 3.63) is 70.8 Å². The summed E-state index contributed by atoms with van der Waals surface area (Å²) < 4.78 is 80.5. The number of halogens is 6. The van der Waals surface area contributed by atoms with Gasteiger partial charge in [0.1, 0.15) is 0 Å². The average Bonchev–Trinajstić information content (AvgIpc) is 2.88. The van der Waals surface area contributed by atoms with Crippen molar-refractivity contribution in [2.24, 2.45) is 0 Å². The number of amides is 2. The summed E-state index contributed by atoms with van der Waals surface area (Å²) in [6.07, 6.45) is -8.33. The van der Waals surface area contributed by atoms with Gasteiger partial charge in [-0.2, -0.15) is 26.3 Å². The van der Waals surface area contributed by atoms with Crippen LogP contribution in [0.2, 0.25) is 0 Å². The highest BCUT2D eigenvalue weighted by molar-refractivity contribution is 5.87. The number of carbonyl (C=O) groups is 2. The number of nitrogens with one attached hydrogen (secondary N) is 2. The first-order valence-corrected chi connectivity index (χ1v) is 12.5. The molecule has 3 N–H and O–H groups in total. The van der Waals surface area contributed by atoms with Crippen LogP contribution in [0, 0.1) is 0 Å². The van der Waals surface area contributed by atoms with Gasteiger partial charge >= 0.3 is 12.4 Å². The number of hydrogen-bond acceptors (Lipinski definition) is 4. The van der Waals surface area contributed by atoms with E-state index in [2.05, 4.69) is 15.5 Å². The Morgan fingerprint density at radius 2 is 1.51 bits per heavy atom. The van der Waals surface area contributed by atoms with Gasteiger partial charge in [0, 0.05) is 19.1 Å². The molecule has 12 heteroatoms. The first-order chi connectivity index (χ1) is 18.1. The number of alkyl halides is 6. The minimum absolute atomic E-state index is 0.0505. The van der Waals surface area contributed by atoms with E-state index in [1.54, 1.807) is 30.3 Å². The summed E-state index contributed by atoms with van der Waals surface area (Å²) in [7, 11) is 0. The molecule has 2 amide bonds. The highest BCUT2D eigenvalue weighted by atomic mass is 19.4. The average molecular weight is 558 g/mol. The predicted octanol–water partition coefficient (Wildman–Crippen LogP) is 4.32. The zero-order chi connectivity index (χ0) is 28.6. The second kappa shape index (κ2) is 10.5. The van der Waals surface area contributed by atoms with Gasteiger partial charge in [-0.25, -0.2) is 0 Å². The Morgan fingerprint density at radius 1 is 0.974 bits per heavy atom. The van der Waals surface area contributed by atoms with Crippen LogP contribution < -0.4 is 10.6 Å². The molecule has 2 aromatic carbocycles. The Balaban J connectivity index is 1.64. The van der Waals surface area contributed by atoms with Gasteiger partial charge in [0.25, 0.3) is 5.91 Å². The van der Waals surface area contributed by atoms with Crippen molar-refractivity contribution in [2.75, 3.05) is 19.6 Å². The van der Waals surface area contributed by atoms with E-state index in [1.165, 1.54) is 0 Å². The monoisotopic (exact) mass is 557 g/mol. The quantitative estimate of drug-likeness (QED) is 0.479. The van der Waals surface area contributed by atoms with Crippen LogP contribution in [0.1, 0.15) is 54.9 Å². The lowest BCUT2D eigenvalue weighted by Gasteiger charge is -2.46. The van der Waals surface area contributed by atoms with Crippen molar-refractivity contribution in [1.29, 1.82) is 0 Å². The minimum Gasteiger partial charge on any atom is -0.376 e. The van der Waals surface area contributed by atoms with Crippen LogP contribution in [-0.2, 0) is 33.1 Å². The van der Waals surface area contributed by atoms with Crippen molar-refractivity contribution in [3.8, 4) is 0 Å². The lowest BCUT2D eigenvalue weighted by Crippen LogP contribution is -2.57. The molecule has 2 aliphatic rings. The fourth-order valence-electron chi connectivity index (χ4n) is 5.38. The maximum absolute atomic E-state index is 13.5. The molecule has 4 rings (SSSR count). The van der Waals surface area contributed by atoms with Crippen LogP contribution in [0.4, 0.5) is 26.3 Å². The highest BCUT2D eigenvalue weighted by Gasteiger charge is 2.45. The summed E-state index contributed by atoms with van der Waals surface area (Å²) in [5.74, 6) is -1.19. The smallest absolute Gasteiger partial charge is 0.376 e. The summed E-state index contributed by atoms with van der Waals surface area (Å²) in [4.78, 5) is 27.4. The van der Waals surface area contributed by atoms with Crippen LogP contribution in [0.15, 0.2) is 48.5 Å². The van der Waals surface area contributed by atoms with Crippen LogP contribution in [0.5, 0.6) is 0 Å². The predicted molar refractivity (Wildman–Crippen MR) is 129 cm³/mol. The number of benzene rings is 2. The topological polar surface area (TPSA) is 81.7 Å². The van der Waals surface area contributed by atoms with Crippen LogP contribution in [0.3, 0.4) is 0 Å². The summed E-state index contributed by atoms with van der Waals surface area (Å²) in [6, 6.07) is 9.56. The molecule has 39 heavy (non-hydrogen) atoms. The number of aliphatic hydroxyl groups is 1. The van der Waals surface area contributed by atoms with E-state index in [9.17, 15) is 41.0 Å². The van der Waals surface area contributed by atoms with Gasteiger partial charge in [0.05, 0.1) is 23.2 Å². The Morgan fingerprint density at radius 3 is 2.03 bits per heavy atom. The molecule has 212 valence electrons. The van der Waals surface area contributed by atoms with Gasteiger partial charge in [-0.1, -0.05) is 30.3 Å². The maximum atomic E-state index is 13.5. The van der Waals surface area contributed by atoms with E-state index in [1.807, 2.05) is 0 Å². The lowest BCUT2D eigenvalue weighted by atomic mass is 9.73. The molecule has 2 fully saturated rings. The second-order valence-electron chi connectivity index (χ2n) is 10.3. The molecular weight excluding hydrogens is 528 g/mol. The molecule has 1 saturated carbocycles. The van der Waals surface area contributed by atoms with E-state index in [0.717, 1.165) is 6.92 Å². The Hall–Kier alpha value is -3.12. The third-order valence-corrected chi connectivity index (χ3v) is 7.66. The van der Waals surface area contributed by atoms with Gasteiger partial charge in [-0.05, 0) is 61.9 Å². The molecule has 1 unspecified atom stereocenters. The number of carbonyl (C=O) groups excluding carboxylic acids is 2. The largest absolute Gasteiger partial charge is 0.416 e. The zero-order valence-corrected chi connectivity index (χ0v) is 21.1. The van der Waals surface area contributed by atoms with Gasteiger partial charge in [-0.3, -0.25) is 14.5 Å². The van der Waals surface area contributed by atoms with E-state index in [0.29, 0.717) is 56.5 Å². The fourth-order valence-corrected chi connectivity index (χ4v) is 5.38. The minimum atomic E-state index is -5.13. The van der Waals surface area contributed by atoms with Gasteiger partial charge in [0.15, 0.2) is 5.60 Å². The summed E-state index contributed by atoms with van der Waals surface area (Å²) in [5.41, 5.74) is -7.09. The maximum Gasteiger partial charge on any atom is 0.416 e. The number of nitrogens with zero attached hydrogens (tertiary/aromatic N) is 1. The Kier molecular flexibility index (Phi) is 7.74. The molecule has 0 aromatic heterocycles. The molecule has 1 aliphatic heterocycles. The SMILES string of the molecule is CC(O)(C(=O)NC1(c2ccccc2)CCC(N2CCNC(=O)C2)CC1)c1cc(C(F)(F)F)cc(C(F)(F)F)c1. The Bertz CT molecular complexity index is 1170. The van der Waals surface area contributed by atoms with Crippen molar-refractivity contribution in [2.45, 2.75) is 62.1 Å².